The SMILES string of the molecule is Cl.OC(CN1CCCCC1)CN(c1ccccc1)c1ccccc1. The van der Waals surface area contributed by atoms with E-state index < -0.39 is 0 Å². The van der Waals surface area contributed by atoms with Crippen LogP contribution in [0.4, 0.5) is 11.4 Å². The molecule has 1 aliphatic heterocycles. The Bertz CT molecular complexity index is 533. The summed E-state index contributed by atoms with van der Waals surface area (Å²) >= 11 is 0. The third kappa shape index (κ3) is 5.23. The molecular weight excluding hydrogens is 320 g/mol. The molecule has 2 aromatic carbocycles. The summed E-state index contributed by atoms with van der Waals surface area (Å²) in [5, 5.41) is 10.6. The van der Waals surface area contributed by atoms with Crippen LogP contribution in [0.3, 0.4) is 0 Å². The third-order valence-corrected chi connectivity index (χ3v) is 4.45. The highest BCUT2D eigenvalue weighted by atomic mass is 35.5. The largest absolute Gasteiger partial charge is 0.390 e. The van der Waals surface area contributed by atoms with Crippen molar-refractivity contribution in [2.24, 2.45) is 0 Å². The Morgan fingerprint density at radius 3 is 1.83 bits per heavy atom. The number of nitrogens with zero attached hydrogens (tertiary/aromatic N) is 2. The highest BCUT2D eigenvalue weighted by Crippen LogP contribution is 2.25. The van der Waals surface area contributed by atoms with Crippen molar-refractivity contribution in [2.75, 3.05) is 31.1 Å². The summed E-state index contributed by atoms with van der Waals surface area (Å²) in [6, 6.07) is 20.6. The number of benzene rings is 2. The number of likely N-dealkylation sites (tertiary alicyclic amines) is 1. The number of aliphatic hydroxyl groups is 1. The van der Waals surface area contributed by atoms with Crippen molar-refractivity contribution >= 4 is 23.8 Å². The minimum Gasteiger partial charge on any atom is -0.390 e. The summed E-state index contributed by atoms with van der Waals surface area (Å²) in [5.74, 6) is 0. The van der Waals surface area contributed by atoms with Crippen molar-refractivity contribution in [3.63, 3.8) is 0 Å². The number of hydrogen-bond donors (Lipinski definition) is 1. The molecule has 1 unspecified atom stereocenters. The fraction of sp³-hybridized carbons (Fsp3) is 0.400. The van der Waals surface area contributed by atoms with Crippen molar-refractivity contribution in [1.29, 1.82) is 0 Å². The van der Waals surface area contributed by atoms with Crippen molar-refractivity contribution < 1.29 is 5.11 Å². The summed E-state index contributed by atoms with van der Waals surface area (Å²) in [7, 11) is 0. The lowest BCUT2D eigenvalue weighted by Crippen LogP contribution is -2.41. The predicted octanol–water partition coefficient (Wildman–Crippen LogP) is 4.09. The van der Waals surface area contributed by atoms with Gasteiger partial charge in [-0.05, 0) is 50.2 Å². The van der Waals surface area contributed by atoms with E-state index in [2.05, 4.69) is 34.1 Å². The summed E-state index contributed by atoms with van der Waals surface area (Å²) in [6.45, 7) is 3.61. The van der Waals surface area contributed by atoms with Crippen LogP contribution in [0, 0.1) is 0 Å². The minimum absolute atomic E-state index is 0. The molecule has 24 heavy (non-hydrogen) atoms. The number of rotatable bonds is 6. The minimum atomic E-state index is -0.353. The van der Waals surface area contributed by atoms with Gasteiger partial charge in [0.2, 0.25) is 0 Å². The molecule has 1 saturated heterocycles. The Morgan fingerprint density at radius 2 is 1.33 bits per heavy atom. The van der Waals surface area contributed by atoms with Gasteiger partial charge in [0.25, 0.3) is 0 Å². The van der Waals surface area contributed by atoms with Gasteiger partial charge in [0.15, 0.2) is 0 Å². The van der Waals surface area contributed by atoms with Gasteiger partial charge in [-0.15, -0.1) is 12.4 Å². The van der Waals surface area contributed by atoms with Gasteiger partial charge in [-0.2, -0.15) is 0 Å². The lowest BCUT2D eigenvalue weighted by Gasteiger charge is -2.32. The molecule has 1 N–H and O–H groups in total. The van der Waals surface area contributed by atoms with Gasteiger partial charge in [0, 0.05) is 17.9 Å². The van der Waals surface area contributed by atoms with E-state index in [1.165, 1.54) is 19.3 Å². The number of β-amino-alcohol motifs (C(OH)–C–C–N with tert-alkyl or cyclic N) is 1. The molecule has 0 radical (unpaired) electrons. The molecule has 0 saturated carbocycles. The maximum absolute atomic E-state index is 10.6. The molecule has 0 aromatic heterocycles. The van der Waals surface area contributed by atoms with Crippen LogP contribution in [-0.2, 0) is 0 Å². The molecule has 2 aromatic rings. The van der Waals surface area contributed by atoms with E-state index in [1.54, 1.807) is 0 Å². The fourth-order valence-corrected chi connectivity index (χ4v) is 3.28. The Balaban J connectivity index is 0.00000208. The number of anilines is 2. The molecular formula is C20H27ClN2O. The average molecular weight is 347 g/mol. The molecule has 3 rings (SSSR count). The summed E-state index contributed by atoms with van der Waals surface area (Å²) in [5.41, 5.74) is 2.24. The number of hydrogen-bond acceptors (Lipinski definition) is 3. The quantitative estimate of drug-likeness (QED) is 0.853. The smallest absolute Gasteiger partial charge is 0.0845 e. The fourth-order valence-electron chi connectivity index (χ4n) is 3.28. The van der Waals surface area contributed by atoms with E-state index >= 15 is 0 Å². The van der Waals surface area contributed by atoms with Gasteiger partial charge in [-0.3, -0.25) is 0 Å². The lowest BCUT2D eigenvalue weighted by molar-refractivity contribution is 0.107. The van der Waals surface area contributed by atoms with Crippen LogP contribution in [0.2, 0.25) is 0 Å². The van der Waals surface area contributed by atoms with Crippen molar-refractivity contribution in [1.82, 2.24) is 4.90 Å². The monoisotopic (exact) mass is 346 g/mol. The van der Waals surface area contributed by atoms with Crippen LogP contribution >= 0.6 is 12.4 Å². The van der Waals surface area contributed by atoms with Crippen LogP contribution in [0.15, 0.2) is 60.7 Å². The van der Waals surface area contributed by atoms with Crippen LogP contribution in [0.1, 0.15) is 19.3 Å². The summed E-state index contributed by atoms with van der Waals surface area (Å²) in [6.07, 6.45) is 3.49. The lowest BCUT2D eigenvalue weighted by atomic mass is 10.1. The van der Waals surface area contributed by atoms with E-state index in [0.29, 0.717) is 6.54 Å². The second-order valence-corrected chi connectivity index (χ2v) is 6.30. The third-order valence-electron chi connectivity index (χ3n) is 4.45. The van der Waals surface area contributed by atoms with Gasteiger partial charge in [-0.1, -0.05) is 42.8 Å². The second kappa shape index (κ2) is 9.67. The molecule has 1 atom stereocenters. The number of piperidine rings is 1. The highest BCUT2D eigenvalue weighted by Gasteiger charge is 2.18. The zero-order valence-corrected chi connectivity index (χ0v) is 14.9. The van der Waals surface area contributed by atoms with E-state index in [9.17, 15) is 5.11 Å². The molecule has 3 nitrogen and oxygen atoms in total. The van der Waals surface area contributed by atoms with Crippen molar-refractivity contribution in [2.45, 2.75) is 25.4 Å². The molecule has 4 heteroatoms. The molecule has 1 heterocycles. The molecule has 0 aliphatic carbocycles. The summed E-state index contributed by atoms with van der Waals surface area (Å²) < 4.78 is 0. The normalized spacial score (nSPS) is 16.2. The van der Waals surface area contributed by atoms with Gasteiger partial charge in [0.05, 0.1) is 12.6 Å². The Morgan fingerprint density at radius 1 is 0.833 bits per heavy atom. The number of para-hydroxylation sites is 2. The first-order chi connectivity index (χ1) is 11.3. The van der Waals surface area contributed by atoms with E-state index in [-0.39, 0.29) is 18.5 Å². The maximum atomic E-state index is 10.6. The van der Waals surface area contributed by atoms with E-state index in [1.807, 2.05) is 36.4 Å². The zero-order valence-electron chi connectivity index (χ0n) is 14.1. The molecule has 130 valence electrons. The number of halogens is 1. The van der Waals surface area contributed by atoms with Gasteiger partial charge >= 0.3 is 0 Å². The molecule has 1 aliphatic rings. The van der Waals surface area contributed by atoms with Crippen LogP contribution < -0.4 is 4.90 Å². The Labute approximate surface area is 151 Å². The van der Waals surface area contributed by atoms with Gasteiger partial charge in [-0.25, -0.2) is 0 Å². The van der Waals surface area contributed by atoms with Crippen LogP contribution in [0.25, 0.3) is 0 Å². The Hall–Kier alpha value is -1.55. The molecule has 1 fully saturated rings. The predicted molar refractivity (Wildman–Crippen MR) is 103 cm³/mol. The second-order valence-electron chi connectivity index (χ2n) is 6.30. The molecule has 0 bridgehead atoms. The van der Waals surface area contributed by atoms with Crippen molar-refractivity contribution in [3.05, 3.63) is 60.7 Å². The first kappa shape index (κ1) is 18.8. The van der Waals surface area contributed by atoms with Crippen LogP contribution in [0.5, 0.6) is 0 Å². The van der Waals surface area contributed by atoms with Gasteiger partial charge in [0.1, 0.15) is 0 Å². The van der Waals surface area contributed by atoms with E-state index in [0.717, 1.165) is 31.0 Å². The number of aliphatic hydroxyl groups excluding tert-OH is 1. The Kier molecular flexibility index (Phi) is 7.57. The molecule has 0 amide bonds. The topological polar surface area (TPSA) is 26.7 Å². The van der Waals surface area contributed by atoms with Crippen molar-refractivity contribution in [3.8, 4) is 0 Å². The highest BCUT2D eigenvalue weighted by molar-refractivity contribution is 5.85. The first-order valence-corrected chi connectivity index (χ1v) is 8.61. The average Bonchev–Trinajstić information content (AvgIpc) is 2.62. The first-order valence-electron chi connectivity index (χ1n) is 8.61. The van der Waals surface area contributed by atoms with Crippen LogP contribution in [-0.4, -0.2) is 42.3 Å². The zero-order chi connectivity index (χ0) is 15.9. The molecule has 0 spiro atoms. The standard InChI is InChI=1S/C20H26N2O.ClH/c23-20(16-21-14-8-3-9-15-21)17-22(18-10-4-1-5-11-18)19-12-6-2-7-13-19;/h1-2,4-7,10-13,20,23H,3,8-9,14-17H2;1H. The summed E-state index contributed by atoms with van der Waals surface area (Å²) in [4.78, 5) is 4.59. The van der Waals surface area contributed by atoms with Gasteiger partial charge < -0.3 is 14.9 Å². The maximum Gasteiger partial charge on any atom is 0.0845 e. The van der Waals surface area contributed by atoms with E-state index in [4.69, 9.17) is 0 Å².